The fourth-order valence-electron chi connectivity index (χ4n) is 9.73. The normalized spacial score (nSPS) is 12.0. The first-order valence-corrected chi connectivity index (χ1v) is 22.6. The first-order chi connectivity index (χ1) is 34.9. The van der Waals surface area contributed by atoms with Crippen molar-refractivity contribution >= 4 is 43.6 Å². The van der Waals surface area contributed by atoms with Crippen molar-refractivity contribution in [3.8, 4) is 73.9 Å². The number of halogens is 6. The summed E-state index contributed by atoms with van der Waals surface area (Å²) in [5.74, 6) is 0.963. The Morgan fingerprint density at radius 1 is 0.403 bits per heavy atom. The summed E-state index contributed by atoms with van der Waals surface area (Å²) in [7, 11) is 0. The lowest BCUT2D eigenvalue weighted by molar-refractivity contribution is -0.143. The number of nitrogens with zero attached hydrogens (tertiary/aromatic N) is 7. The zero-order valence-corrected chi connectivity index (χ0v) is 37.5. The van der Waals surface area contributed by atoms with Gasteiger partial charge in [0.15, 0.2) is 17.5 Å². The summed E-state index contributed by atoms with van der Waals surface area (Å²) < 4.78 is 89.5. The molecule has 13 heteroatoms. The maximum absolute atomic E-state index is 14.2. The van der Waals surface area contributed by atoms with Gasteiger partial charge in [-0.3, -0.25) is 4.98 Å². The lowest BCUT2D eigenvalue weighted by Gasteiger charge is -2.21. The number of hydrogen-bond donors (Lipinski definition) is 0. The molecule has 12 aromatic rings. The first-order valence-electron chi connectivity index (χ1n) is 22.6. The molecule has 0 bridgehead atoms. The number of para-hydroxylation sites is 3. The van der Waals surface area contributed by atoms with Crippen LogP contribution in [0, 0.1) is 11.3 Å². The van der Waals surface area contributed by atoms with Crippen LogP contribution in [0.4, 0.5) is 26.3 Å². The van der Waals surface area contributed by atoms with Crippen molar-refractivity contribution in [2.24, 2.45) is 0 Å². The van der Waals surface area contributed by atoms with Gasteiger partial charge in [0.2, 0.25) is 0 Å². The highest BCUT2D eigenvalue weighted by Crippen LogP contribution is 2.46. The molecule has 346 valence electrons. The third-order valence-electron chi connectivity index (χ3n) is 12.9. The molecule has 12 rings (SSSR count). The fourth-order valence-corrected chi connectivity index (χ4v) is 9.73. The third kappa shape index (κ3) is 7.48. The summed E-state index contributed by atoms with van der Waals surface area (Å²) in [5.41, 5.74) is 4.66. The van der Waals surface area contributed by atoms with Crippen LogP contribution < -0.4 is 0 Å². The van der Waals surface area contributed by atoms with Crippen molar-refractivity contribution in [1.29, 1.82) is 5.26 Å². The average molecular weight is 954 g/mol. The maximum atomic E-state index is 14.2. The minimum Gasteiger partial charge on any atom is -0.309 e. The molecule has 0 fully saturated rings. The van der Waals surface area contributed by atoms with Gasteiger partial charge in [-0.25, -0.2) is 15.0 Å². The van der Waals surface area contributed by atoms with E-state index in [2.05, 4.69) is 22.8 Å². The lowest BCUT2D eigenvalue weighted by Crippen LogP contribution is -2.11. The zero-order valence-electron chi connectivity index (χ0n) is 37.5. The average Bonchev–Trinajstić information content (AvgIpc) is 3.92. The Balaban J connectivity index is 1.21. The SMILES string of the molecule is N#Cc1cc(-c2nc(-c3ccccc3)nc(-c3ccccc3)n2)c(-n2c3ccccc3c3cc(-c4cc(C(F)(F)F)cc(C(F)(F)F)c4)ccc32)c(-c2cnccc2-n2c3ccccc3c3ccccc32)c1. The van der Waals surface area contributed by atoms with Gasteiger partial charge < -0.3 is 9.13 Å². The van der Waals surface area contributed by atoms with Gasteiger partial charge in [-0.05, 0) is 77.9 Å². The van der Waals surface area contributed by atoms with Crippen molar-refractivity contribution in [1.82, 2.24) is 29.1 Å². The lowest BCUT2D eigenvalue weighted by atomic mass is 9.95. The maximum Gasteiger partial charge on any atom is 0.416 e. The van der Waals surface area contributed by atoms with Crippen LogP contribution in [0.5, 0.6) is 0 Å². The van der Waals surface area contributed by atoms with Gasteiger partial charge in [-0.2, -0.15) is 31.6 Å². The molecule has 8 aromatic carbocycles. The molecule has 0 atom stereocenters. The van der Waals surface area contributed by atoms with Gasteiger partial charge >= 0.3 is 12.4 Å². The Morgan fingerprint density at radius 3 is 1.44 bits per heavy atom. The highest BCUT2D eigenvalue weighted by atomic mass is 19.4. The van der Waals surface area contributed by atoms with E-state index in [0.29, 0.717) is 67.0 Å². The molecule has 0 saturated heterocycles. The van der Waals surface area contributed by atoms with E-state index in [4.69, 9.17) is 19.9 Å². The van der Waals surface area contributed by atoms with E-state index >= 15 is 0 Å². The Morgan fingerprint density at radius 2 is 0.889 bits per heavy atom. The Bertz CT molecular complexity index is 4010. The second kappa shape index (κ2) is 16.9. The van der Waals surface area contributed by atoms with Crippen LogP contribution in [0.25, 0.3) is 111 Å². The van der Waals surface area contributed by atoms with Gasteiger partial charge in [0.25, 0.3) is 0 Å². The van der Waals surface area contributed by atoms with E-state index in [9.17, 15) is 31.6 Å². The fraction of sp³-hybridized carbons (Fsp3) is 0.0339. The van der Waals surface area contributed by atoms with Crippen molar-refractivity contribution in [2.45, 2.75) is 12.4 Å². The molecule has 72 heavy (non-hydrogen) atoms. The number of benzene rings is 8. The molecular formula is C59H33F6N7. The third-order valence-corrected chi connectivity index (χ3v) is 12.9. The molecule has 0 aliphatic rings. The minimum atomic E-state index is -5.04. The summed E-state index contributed by atoms with van der Waals surface area (Å²) in [6.45, 7) is 0. The summed E-state index contributed by atoms with van der Waals surface area (Å²) in [6.07, 6.45) is -6.63. The predicted octanol–water partition coefficient (Wildman–Crippen LogP) is 15.7. The van der Waals surface area contributed by atoms with E-state index in [-0.39, 0.29) is 28.6 Å². The minimum absolute atomic E-state index is 0.126. The van der Waals surface area contributed by atoms with Crippen molar-refractivity contribution in [3.63, 3.8) is 0 Å². The quantitative estimate of drug-likeness (QED) is 0.149. The number of alkyl halides is 6. The van der Waals surface area contributed by atoms with Crippen molar-refractivity contribution in [2.75, 3.05) is 0 Å². The molecule has 0 unspecified atom stereocenters. The predicted molar refractivity (Wildman–Crippen MR) is 268 cm³/mol. The molecule has 0 amide bonds. The molecule has 4 heterocycles. The highest BCUT2D eigenvalue weighted by Gasteiger charge is 2.37. The first kappa shape index (κ1) is 43.8. The molecular weight excluding hydrogens is 921 g/mol. The number of pyridine rings is 1. The molecule has 0 spiro atoms. The van der Waals surface area contributed by atoms with Crippen LogP contribution in [-0.4, -0.2) is 29.1 Å². The van der Waals surface area contributed by atoms with E-state index in [1.165, 1.54) is 6.07 Å². The highest BCUT2D eigenvalue weighted by molar-refractivity contribution is 6.13. The smallest absolute Gasteiger partial charge is 0.309 e. The molecule has 7 nitrogen and oxygen atoms in total. The number of nitriles is 1. The number of hydrogen-bond acceptors (Lipinski definition) is 5. The molecule has 0 aliphatic heterocycles. The summed E-state index contributed by atoms with van der Waals surface area (Å²) >= 11 is 0. The standard InChI is InChI=1S/C59H33F6N7/c60-58(61,62)40-29-39(30-41(32-40)59(63,64)65)38-23-24-52-45(31-38)44-19-9-12-22-51(44)72(52)54-46(48-34-67-26-25-53(48)71-49-20-10-7-17-42(49)43-18-8-11-21-50(43)71)27-35(33-66)28-47(54)57-69-55(36-13-3-1-4-14-36)68-56(70-57)37-15-5-2-6-16-37/h1-32,34H. The molecule has 4 aromatic heterocycles. The van der Waals surface area contributed by atoms with Gasteiger partial charge in [0, 0.05) is 61.8 Å². The summed E-state index contributed by atoms with van der Waals surface area (Å²) in [6, 6.07) is 56.7. The molecule has 0 N–H and O–H groups in total. The second-order valence-corrected chi connectivity index (χ2v) is 17.2. The molecule has 0 saturated carbocycles. The van der Waals surface area contributed by atoms with Gasteiger partial charge in [0.1, 0.15) is 0 Å². The summed E-state index contributed by atoms with van der Waals surface area (Å²) in [5, 5.41) is 14.2. The van der Waals surface area contributed by atoms with Crippen LogP contribution >= 0.6 is 0 Å². The van der Waals surface area contributed by atoms with Crippen LogP contribution in [0.2, 0.25) is 0 Å². The topological polar surface area (TPSA) is 85.2 Å². The van der Waals surface area contributed by atoms with Crippen molar-refractivity contribution in [3.05, 3.63) is 217 Å². The number of rotatable bonds is 7. The van der Waals surface area contributed by atoms with Crippen molar-refractivity contribution < 1.29 is 26.3 Å². The van der Waals surface area contributed by atoms with E-state index in [1.807, 2.05) is 132 Å². The van der Waals surface area contributed by atoms with E-state index in [1.54, 1.807) is 36.7 Å². The Labute approximate surface area is 406 Å². The molecule has 0 radical (unpaired) electrons. The van der Waals surface area contributed by atoms with Crippen LogP contribution in [-0.2, 0) is 12.4 Å². The van der Waals surface area contributed by atoms with Gasteiger partial charge in [-0.1, -0.05) is 121 Å². The van der Waals surface area contributed by atoms with Crippen LogP contribution in [0.3, 0.4) is 0 Å². The number of aromatic nitrogens is 6. The monoisotopic (exact) mass is 953 g/mol. The largest absolute Gasteiger partial charge is 0.416 e. The number of fused-ring (bicyclic) bond motifs is 6. The Kier molecular flexibility index (Phi) is 10.3. The van der Waals surface area contributed by atoms with Gasteiger partial charge in [0.05, 0.1) is 56.2 Å². The van der Waals surface area contributed by atoms with Gasteiger partial charge in [-0.15, -0.1) is 0 Å². The van der Waals surface area contributed by atoms with E-state index < -0.39 is 23.5 Å². The second-order valence-electron chi connectivity index (χ2n) is 17.2. The Hall–Kier alpha value is -9.41. The molecule has 0 aliphatic carbocycles. The van der Waals surface area contributed by atoms with Crippen LogP contribution in [0.15, 0.2) is 200 Å². The van der Waals surface area contributed by atoms with Crippen LogP contribution in [0.1, 0.15) is 16.7 Å². The zero-order chi connectivity index (χ0) is 49.3. The van der Waals surface area contributed by atoms with E-state index in [0.717, 1.165) is 39.6 Å². The summed E-state index contributed by atoms with van der Waals surface area (Å²) in [4.78, 5) is 20.0.